The molecule has 0 spiro atoms. The molecule has 1 aromatic carbocycles. The molecule has 0 radical (unpaired) electrons. The first-order chi connectivity index (χ1) is 13.6. The Morgan fingerprint density at radius 3 is 2.93 bits per heavy atom. The van der Waals surface area contributed by atoms with Gasteiger partial charge >= 0.3 is 0 Å². The van der Waals surface area contributed by atoms with E-state index in [4.69, 9.17) is 4.74 Å². The van der Waals surface area contributed by atoms with Crippen LogP contribution < -0.4 is 15.6 Å². The SMILES string of the molecule is COc1ccccc1CCNC(=O)Cn1nc(C)n2c(cc3ccsc32)c1=O. The van der Waals surface area contributed by atoms with Gasteiger partial charge in [0, 0.05) is 11.9 Å². The Morgan fingerprint density at radius 2 is 2.11 bits per heavy atom. The number of benzene rings is 1. The van der Waals surface area contributed by atoms with Gasteiger partial charge in [0.15, 0.2) is 0 Å². The van der Waals surface area contributed by atoms with E-state index >= 15 is 0 Å². The molecule has 0 saturated heterocycles. The molecule has 1 N–H and O–H groups in total. The van der Waals surface area contributed by atoms with Crippen LogP contribution in [-0.2, 0) is 17.8 Å². The van der Waals surface area contributed by atoms with Crippen molar-refractivity contribution in [3.8, 4) is 5.75 Å². The fourth-order valence-electron chi connectivity index (χ4n) is 3.34. The van der Waals surface area contributed by atoms with Crippen LogP contribution in [-0.4, -0.2) is 33.7 Å². The molecular formula is C20H20N4O3S. The molecule has 0 aliphatic heterocycles. The van der Waals surface area contributed by atoms with Crippen molar-refractivity contribution in [2.24, 2.45) is 0 Å². The van der Waals surface area contributed by atoms with Gasteiger partial charge in [0.2, 0.25) is 5.91 Å². The average molecular weight is 396 g/mol. The van der Waals surface area contributed by atoms with Gasteiger partial charge in [-0.3, -0.25) is 14.0 Å². The topological polar surface area (TPSA) is 77.6 Å². The lowest BCUT2D eigenvalue weighted by molar-refractivity contribution is -0.121. The number of aromatic nitrogens is 3. The lowest BCUT2D eigenvalue weighted by atomic mass is 10.1. The second kappa shape index (κ2) is 7.47. The lowest BCUT2D eigenvalue weighted by Gasteiger charge is -2.10. The lowest BCUT2D eigenvalue weighted by Crippen LogP contribution is -2.35. The van der Waals surface area contributed by atoms with Crippen LogP contribution in [0.2, 0.25) is 0 Å². The summed E-state index contributed by atoms with van der Waals surface area (Å²) < 4.78 is 8.39. The number of thiophene rings is 1. The van der Waals surface area contributed by atoms with Gasteiger partial charge in [-0.1, -0.05) is 18.2 Å². The molecule has 0 aliphatic carbocycles. The van der Waals surface area contributed by atoms with Gasteiger partial charge in [-0.25, -0.2) is 4.68 Å². The third-order valence-corrected chi connectivity index (χ3v) is 5.57. The predicted molar refractivity (Wildman–Crippen MR) is 109 cm³/mol. The Morgan fingerprint density at radius 1 is 1.29 bits per heavy atom. The number of nitrogens with one attached hydrogen (secondary N) is 1. The summed E-state index contributed by atoms with van der Waals surface area (Å²) in [6.45, 7) is 2.18. The molecule has 0 fully saturated rings. The highest BCUT2D eigenvalue weighted by Crippen LogP contribution is 2.24. The third kappa shape index (κ3) is 3.27. The van der Waals surface area contributed by atoms with Gasteiger partial charge in [-0.2, -0.15) is 5.10 Å². The minimum absolute atomic E-state index is 0.110. The number of carbonyl (C=O) groups is 1. The summed E-state index contributed by atoms with van der Waals surface area (Å²) in [7, 11) is 1.62. The van der Waals surface area contributed by atoms with Gasteiger partial charge in [0.05, 0.1) is 7.11 Å². The molecule has 8 heteroatoms. The third-order valence-electron chi connectivity index (χ3n) is 4.66. The van der Waals surface area contributed by atoms with Gasteiger partial charge < -0.3 is 10.1 Å². The molecule has 144 valence electrons. The monoisotopic (exact) mass is 396 g/mol. The molecule has 7 nitrogen and oxygen atoms in total. The maximum Gasteiger partial charge on any atom is 0.291 e. The Balaban J connectivity index is 1.48. The van der Waals surface area contributed by atoms with Crippen molar-refractivity contribution in [2.45, 2.75) is 19.9 Å². The predicted octanol–water partition coefficient (Wildman–Crippen LogP) is 2.39. The molecule has 0 unspecified atom stereocenters. The van der Waals surface area contributed by atoms with E-state index in [1.807, 2.05) is 53.1 Å². The van der Waals surface area contributed by atoms with Crippen molar-refractivity contribution in [3.05, 3.63) is 63.5 Å². The molecule has 28 heavy (non-hydrogen) atoms. The first kappa shape index (κ1) is 18.2. The highest BCUT2D eigenvalue weighted by Gasteiger charge is 2.14. The van der Waals surface area contributed by atoms with Gasteiger partial charge in [0.1, 0.15) is 28.5 Å². The normalized spacial score (nSPS) is 11.2. The van der Waals surface area contributed by atoms with Gasteiger partial charge in [-0.15, -0.1) is 11.3 Å². The zero-order valence-corrected chi connectivity index (χ0v) is 16.5. The minimum Gasteiger partial charge on any atom is -0.496 e. The zero-order valence-electron chi connectivity index (χ0n) is 15.6. The van der Waals surface area contributed by atoms with E-state index in [0.717, 1.165) is 21.5 Å². The first-order valence-electron chi connectivity index (χ1n) is 8.93. The maximum atomic E-state index is 12.8. The second-order valence-electron chi connectivity index (χ2n) is 6.47. The number of methoxy groups -OCH3 is 1. The summed E-state index contributed by atoms with van der Waals surface area (Å²) in [6, 6.07) is 11.5. The number of aryl methyl sites for hydroxylation is 1. The molecule has 0 bridgehead atoms. The Labute approximate surface area is 165 Å². The summed E-state index contributed by atoms with van der Waals surface area (Å²) in [5.74, 6) is 1.22. The summed E-state index contributed by atoms with van der Waals surface area (Å²) in [4.78, 5) is 26.1. The summed E-state index contributed by atoms with van der Waals surface area (Å²) in [5, 5.41) is 10.2. The molecule has 0 atom stereocenters. The van der Waals surface area contributed by atoms with E-state index in [1.54, 1.807) is 18.4 Å². The van der Waals surface area contributed by atoms with Crippen molar-refractivity contribution in [2.75, 3.05) is 13.7 Å². The van der Waals surface area contributed by atoms with Gasteiger partial charge in [0.25, 0.3) is 5.56 Å². The number of rotatable bonds is 6. The fraction of sp³-hybridized carbons (Fsp3) is 0.250. The molecule has 1 amide bonds. The number of hydrogen-bond donors (Lipinski definition) is 1. The molecule has 4 rings (SSSR count). The fourth-order valence-corrected chi connectivity index (χ4v) is 4.29. The number of para-hydroxylation sites is 1. The second-order valence-corrected chi connectivity index (χ2v) is 7.36. The molecule has 3 heterocycles. The minimum atomic E-state index is -0.270. The maximum absolute atomic E-state index is 12.8. The van der Waals surface area contributed by atoms with Crippen LogP contribution >= 0.6 is 11.3 Å². The van der Waals surface area contributed by atoms with E-state index in [2.05, 4.69) is 10.4 Å². The smallest absolute Gasteiger partial charge is 0.291 e. The zero-order chi connectivity index (χ0) is 19.7. The van der Waals surface area contributed by atoms with Crippen molar-refractivity contribution in [1.82, 2.24) is 19.5 Å². The molecule has 3 aromatic heterocycles. The van der Waals surface area contributed by atoms with Crippen LogP contribution in [0.3, 0.4) is 0 Å². The van der Waals surface area contributed by atoms with Gasteiger partial charge in [-0.05, 0) is 42.5 Å². The summed E-state index contributed by atoms with van der Waals surface area (Å²) >= 11 is 1.56. The van der Waals surface area contributed by atoms with Crippen LogP contribution in [0.25, 0.3) is 15.7 Å². The number of ether oxygens (including phenoxy) is 1. The number of amides is 1. The summed E-state index contributed by atoms with van der Waals surface area (Å²) in [5.41, 5.74) is 1.29. The number of fused-ring (bicyclic) bond motifs is 3. The van der Waals surface area contributed by atoms with E-state index in [0.29, 0.717) is 24.3 Å². The average Bonchev–Trinajstić information content (AvgIpc) is 3.27. The largest absolute Gasteiger partial charge is 0.496 e. The van der Waals surface area contributed by atoms with E-state index in [-0.39, 0.29) is 18.0 Å². The van der Waals surface area contributed by atoms with Crippen molar-refractivity contribution >= 4 is 33.0 Å². The van der Waals surface area contributed by atoms with E-state index in [9.17, 15) is 9.59 Å². The molecule has 0 aliphatic rings. The highest BCUT2D eigenvalue weighted by molar-refractivity contribution is 7.16. The standard InChI is InChI=1S/C20H20N4O3S/c1-13-22-23(19(26)16-11-15-8-10-28-20(15)24(13)16)12-18(25)21-9-7-14-5-3-4-6-17(14)27-2/h3-6,8,10-11H,7,9,12H2,1-2H3,(H,21,25). The number of carbonyl (C=O) groups excluding carboxylic acids is 1. The summed E-state index contributed by atoms with van der Waals surface area (Å²) in [6.07, 6.45) is 0.644. The Kier molecular flexibility index (Phi) is 4.87. The van der Waals surface area contributed by atoms with Crippen molar-refractivity contribution < 1.29 is 9.53 Å². The highest BCUT2D eigenvalue weighted by atomic mass is 32.1. The van der Waals surface area contributed by atoms with E-state index < -0.39 is 0 Å². The van der Waals surface area contributed by atoms with Crippen molar-refractivity contribution in [1.29, 1.82) is 0 Å². The molecule has 0 saturated carbocycles. The molecular weight excluding hydrogens is 376 g/mol. The van der Waals surface area contributed by atoms with Crippen LogP contribution in [0.15, 0.2) is 46.6 Å². The van der Waals surface area contributed by atoms with Crippen LogP contribution in [0.4, 0.5) is 0 Å². The Hall–Kier alpha value is -3.13. The Bertz CT molecular complexity index is 1220. The van der Waals surface area contributed by atoms with Crippen molar-refractivity contribution in [3.63, 3.8) is 0 Å². The molecule has 4 aromatic rings. The first-order valence-corrected chi connectivity index (χ1v) is 9.81. The quantitative estimate of drug-likeness (QED) is 0.543. The van der Waals surface area contributed by atoms with Crippen LogP contribution in [0.1, 0.15) is 11.4 Å². The van der Waals surface area contributed by atoms with Crippen LogP contribution in [0.5, 0.6) is 5.75 Å². The number of hydrogen-bond acceptors (Lipinski definition) is 5. The van der Waals surface area contributed by atoms with E-state index in [1.165, 1.54) is 4.68 Å². The van der Waals surface area contributed by atoms with Crippen LogP contribution in [0, 0.1) is 6.92 Å². The number of nitrogens with zero attached hydrogens (tertiary/aromatic N) is 3.